The van der Waals surface area contributed by atoms with Crippen molar-refractivity contribution in [2.75, 3.05) is 0 Å². The molecular weight excluding hydrogens is 149 g/mol. The van der Waals surface area contributed by atoms with E-state index in [0.717, 1.165) is 0 Å². The van der Waals surface area contributed by atoms with Crippen molar-refractivity contribution in [1.82, 2.24) is 0 Å². The van der Waals surface area contributed by atoms with Crippen LogP contribution in [0.5, 0.6) is 0 Å². The first-order valence-corrected chi connectivity index (χ1v) is 2.05. The van der Waals surface area contributed by atoms with Crippen LogP contribution in [0.3, 0.4) is 0 Å². The summed E-state index contributed by atoms with van der Waals surface area (Å²) in [6, 6.07) is 0. The third-order valence-corrected chi connectivity index (χ3v) is 0.365. The van der Waals surface area contributed by atoms with Gasteiger partial charge in [-0.05, 0) is 0 Å². The molecule has 0 amide bonds. The summed E-state index contributed by atoms with van der Waals surface area (Å²) in [5.41, 5.74) is 0. The smallest absolute Gasteiger partial charge is 0.751 e. The van der Waals surface area contributed by atoms with Gasteiger partial charge in [0.25, 0.3) is 0 Å². The van der Waals surface area contributed by atoms with Crippen molar-refractivity contribution in [2.45, 2.75) is 0 Å². The maximum atomic E-state index is 9.15. The molecule has 0 fully saturated rings. The Kier molecular flexibility index (Phi) is 7.59. The van der Waals surface area contributed by atoms with Crippen LogP contribution >= 0.6 is 0 Å². The van der Waals surface area contributed by atoms with Gasteiger partial charge in [-0.3, -0.25) is 0 Å². The van der Waals surface area contributed by atoms with Crippen molar-refractivity contribution in [3.63, 3.8) is 0 Å². The Hall–Kier alpha value is 0.310. The van der Waals surface area contributed by atoms with E-state index in [0.29, 0.717) is 0 Å². The maximum Gasteiger partial charge on any atom is 1.00 e. The van der Waals surface area contributed by atoms with Gasteiger partial charge in [-0.15, -0.1) is 10.1 Å². The predicted octanol–water partition coefficient (Wildman–Crippen LogP) is -4.01. The molecule has 0 aliphatic carbocycles. The largest absolute Gasteiger partial charge is 1.00 e. The van der Waals surface area contributed by atoms with Crippen molar-refractivity contribution >= 4 is 11.4 Å². The molecule has 0 saturated heterocycles. The molecule has 0 aromatic rings. The Morgan fingerprint density at radius 3 is 2.00 bits per heavy atom. The van der Waals surface area contributed by atoms with Crippen molar-refractivity contribution in [3.05, 3.63) is 10.1 Å². The van der Waals surface area contributed by atoms with Gasteiger partial charge in [-0.25, -0.2) is 8.49 Å². The molecule has 0 bridgehead atoms. The molecule has 0 aliphatic heterocycles. The van der Waals surface area contributed by atoms with Crippen molar-refractivity contribution < 1.29 is 47.7 Å². The molecule has 8 heteroatoms. The van der Waals surface area contributed by atoms with E-state index in [9.17, 15) is 0 Å². The number of rotatable bonds is 2. The average Bonchev–Trinajstić information content (AvgIpc) is 1.27. The zero-order valence-electron chi connectivity index (χ0n) is 3.90. The van der Waals surface area contributed by atoms with Crippen LogP contribution in [0.1, 0.15) is 0 Å². The molecule has 1 unspecified atom stereocenters. The van der Waals surface area contributed by atoms with E-state index in [-0.39, 0.29) is 29.6 Å². The van der Waals surface area contributed by atoms with Crippen LogP contribution in [0.25, 0.3) is 0 Å². The van der Waals surface area contributed by atoms with Gasteiger partial charge in [0.05, 0.1) is 0 Å². The fourth-order valence-corrected chi connectivity index (χ4v) is 0.149. The van der Waals surface area contributed by atoms with Crippen LogP contribution < -0.4 is 29.6 Å². The summed E-state index contributed by atoms with van der Waals surface area (Å²) in [6.07, 6.45) is 0. The van der Waals surface area contributed by atoms with Gasteiger partial charge in [0.15, 0.2) is 0 Å². The standard InChI is InChI=1S/HNO5S.Na/c2-1(3)6-7(4)5;/h(H,4,5);/q;+1/p-1. The van der Waals surface area contributed by atoms with Gasteiger partial charge in [0, 0.05) is 0 Å². The molecule has 1 atom stereocenters. The molecule has 0 aliphatic rings. The molecule has 0 heterocycles. The van der Waals surface area contributed by atoms with E-state index in [1.165, 1.54) is 0 Å². The fraction of sp³-hybridized carbons (Fsp3) is 0. The second-order valence-electron chi connectivity index (χ2n) is 0.502. The molecule has 0 aromatic heterocycles. The van der Waals surface area contributed by atoms with Gasteiger partial charge in [0.2, 0.25) is 0 Å². The molecule has 0 N–H and O–H groups in total. The zero-order valence-corrected chi connectivity index (χ0v) is 6.71. The van der Waals surface area contributed by atoms with Crippen LogP contribution in [0.4, 0.5) is 0 Å². The van der Waals surface area contributed by atoms with E-state index in [1.54, 1.807) is 0 Å². The predicted molar refractivity (Wildman–Crippen MR) is 17.0 cm³/mol. The third kappa shape index (κ3) is 9.58. The molecule has 0 saturated carbocycles. The Balaban J connectivity index is 0. The number of hydrogen-bond donors (Lipinski definition) is 0. The minimum absolute atomic E-state index is 0. The van der Waals surface area contributed by atoms with Gasteiger partial charge >= 0.3 is 34.6 Å². The summed E-state index contributed by atoms with van der Waals surface area (Å²) in [7, 11) is 0. The average molecular weight is 149 g/mol. The minimum atomic E-state index is -3.04. The minimum Gasteiger partial charge on any atom is -0.751 e. The van der Waals surface area contributed by atoms with Crippen LogP contribution in [0, 0.1) is 10.1 Å². The number of nitrogens with zero attached hydrogens (tertiary/aromatic N) is 1. The van der Waals surface area contributed by atoms with Crippen LogP contribution in [-0.4, -0.2) is 13.8 Å². The van der Waals surface area contributed by atoms with Crippen molar-refractivity contribution in [1.29, 1.82) is 0 Å². The first kappa shape index (κ1) is 11.2. The maximum absolute atomic E-state index is 9.15. The van der Waals surface area contributed by atoms with Gasteiger partial charge in [-0.1, -0.05) is 0 Å². The second-order valence-corrected chi connectivity index (χ2v) is 1.06. The van der Waals surface area contributed by atoms with E-state index >= 15 is 0 Å². The molecule has 42 valence electrons. The summed E-state index contributed by atoms with van der Waals surface area (Å²) >= 11 is -3.04. The van der Waals surface area contributed by atoms with Crippen LogP contribution in [0.15, 0.2) is 0 Å². The summed E-state index contributed by atoms with van der Waals surface area (Å²) in [5.74, 6) is 0. The normalized spacial score (nSPS) is 11.1. The van der Waals surface area contributed by atoms with E-state index in [2.05, 4.69) is 4.28 Å². The summed E-state index contributed by atoms with van der Waals surface area (Å²) < 4.78 is 21.2. The summed E-state index contributed by atoms with van der Waals surface area (Å²) in [5, 5.41) is 7.59. The van der Waals surface area contributed by atoms with E-state index < -0.39 is 16.4 Å². The summed E-state index contributed by atoms with van der Waals surface area (Å²) in [4.78, 5) is 9.00. The topological polar surface area (TPSA) is 92.5 Å². The van der Waals surface area contributed by atoms with Crippen molar-refractivity contribution in [2.24, 2.45) is 0 Å². The van der Waals surface area contributed by atoms with Gasteiger partial charge < -0.3 is 4.55 Å². The van der Waals surface area contributed by atoms with E-state index in [1.807, 2.05) is 0 Å². The zero-order chi connectivity index (χ0) is 5.86. The fourth-order valence-electron chi connectivity index (χ4n) is 0.0497. The quantitative estimate of drug-likeness (QED) is 0.172. The molecule has 0 radical (unpaired) electrons. The van der Waals surface area contributed by atoms with Gasteiger partial charge in [-0.2, -0.15) is 0 Å². The Morgan fingerprint density at radius 2 is 2.00 bits per heavy atom. The van der Waals surface area contributed by atoms with Crippen molar-refractivity contribution in [3.8, 4) is 0 Å². The molecule has 0 aromatic carbocycles. The van der Waals surface area contributed by atoms with Gasteiger partial charge in [0.1, 0.15) is 11.4 Å². The molecular formula is NNaO5S. The second kappa shape index (κ2) is 5.45. The SMILES string of the molecule is O=[N+]([O-])OS(=O)[O-].[Na+]. The monoisotopic (exact) mass is 149 g/mol. The summed E-state index contributed by atoms with van der Waals surface area (Å²) in [6.45, 7) is 0. The number of hydrogen-bond acceptors (Lipinski definition) is 5. The third-order valence-electron chi connectivity index (χ3n) is 0.122. The first-order chi connectivity index (χ1) is 3.13. The molecule has 8 heavy (non-hydrogen) atoms. The first-order valence-electron chi connectivity index (χ1n) is 1.05. The molecule has 0 rings (SSSR count). The molecule has 6 nitrogen and oxygen atoms in total. The van der Waals surface area contributed by atoms with Crippen LogP contribution in [0.2, 0.25) is 0 Å². The van der Waals surface area contributed by atoms with E-state index in [4.69, 9.17) is 18.9 Å². The Morgan fingerprint density at radius 1 is 1.62 bits per heavy atom. The Labute approximate surface area is 69.1 Å². The molecule has 0 spiro atoms. The Bertz CT molecular complexity index is 88.6. The van der Waals surface area contributed by atoms with Crippen LogP contribution in [-0.2, 0) is 15.6 Å².